The van der Waals surface area contributed by atoms with Gasteiger partial charge in [-0.2, -0.15) is 0 Å². The van der Waals surface area contributed by atoms with Gasteiger partial charge in [0.05, 0.1) is 10.2 Å². The van der Waals surface area contributed by atoms with E-state index < -0.39 is 0 Å². The Morgan fingerprint density at radius 1 is 1.00 bits per heavy atom. The quantitative estimate of drug-likeness (QED) is 0.745. The average molecular weight is 240 g/mol. The van der Waals surface area contributed by atoms with Crippen LogP contribution in [0.1, 0.15) is 5.56 Å². The van der Waals surface area contributed by atoms with Crippen LogP contribution in [0.2, 0.25) is 0 Å². The SMILES string of the molecule is NCc1ccccc1-c1nc2ccccc2s1. The van der Waals surface area contributed by atoms with E-state index in [1.807, 2.05) is 30.3 Å². The molecule has 17 heavy (non-hydrogen) atoms. The van der Waals surface area contributed by atoms with Gasteiger partial charge in [0, 0.05) is 12.1 Å². The van der Waals surface area contributed by atoms with E-state index in [0.717, 1.165) is 21.7 Å². The maximum Gasteiger partial charge on any atom is 0.124 e. The third kappa shape index (κ3) is 1.84. The maximum atomic E-state index is 5.76. The van der Waals surface area contributed by atoms with Gasteiger partial charge in [-0.15, -0.1) is 11.3 Å². The van der Waals surface area contributed by atoms with E-state index in [2.05, 4.69) is 23.2 Å². The van der Waals surface area contributed by atoms with Crippen LogP contribution in [0.4, 0.5) is 0 Å². The van der Waals surface area contributed by atoms with Crippen LogP contribution in [0.3, 0.4) is 0 Å². The third-order valence-corrected chi connectivity index (χ3v) is 3.83. The first-order chi connectivity index (χ1) is 8.38. The highest BCUT2D eigenvalue weighted by molar-refractivity contribution is 7.21. The van der Waals surface area contributed by atoms with Crippen LogP contribution >= 0.6 is 11.3 Å². The van der Waals surface area contributed by atoms with Gasteiger partial charge in [-0.05, 0) is 17.7 Å². The summed E-state index contributed by atoms with van der Waals surface area (Å²) in [7, 11) is 0. The Bertz CT molecular complexity index is 625. The molecule has 0 aliphatic carbocycles. The Morgan fingerprint density at radius 3 is 2.59 bits per heavy atom. The van der Waals surface area contributed by atoms with E-state index in [4.69, 9.17) is 5.73 Å². The first kappa shape index (κ1) is 10.4. The van der Waals surface area contributed by atoms with Crippen molar-refractivity contribution in [1.29, 1.82) is 0 Å². The van der Waals surface area contributed by atoms with E-state index in [-0.39, 0.29) is 0 Å². The van der Waals surface area contributed by atoms with E-state index >= 15 is 0 Å². The zero-order chi connectivity index (χ0) is 11.7. The molecule has 2 nitrogen and oxygen atoms in total. The predicted molar refractivity (Wildman–Crippen MR) is 72.9 cm³/mol. The van der Waals surface area contributed by atoms with Crippen molar-refractivity contribution in [1.82, 2.24) is 4.98 Å². The summed E-state index contributed by atoms with van der Waals surface area (Å²) in [5, 5.41) is 1.05. The molecule has 0 bridgehead atoms. The molecule has 0 amide bonds. The molecule has 0 aliphatic rings. The van der Waals surface area contributed by atoms with Gasteiger partial charge in [-0.25, -0.2) is 4.98 Å². The molecule has 3 aromatic rings. The highest BCUT2D eigenvalue weighted by atomic mass is 32.1. The van der Waals surface area contributed by atoms with Gasteiger partial charge in [0.25, 0.3) is 0 Å². The lowest BCUT2D eigenvalue weighted by atomic mass is 10.1. The Morgan fingerprint density at radius 2 is 1.76 bits per heavy atom. The molecule has 3 rings (SSSR count). The highest BCUT2D eigenvalue weighted by Crippen LogP contribution is 2.31. The first-order valence-electron chi connectivity index (χ1n) is 5.52. The van der Waals surface area contributed by atoms with Crippen molar-refractivity contribution in [3.8, 4) is 10.6 Å². The lowest BCUT2D eigenvalue weighted by Gasteiger charge is -2.02. The van der Waals surface area contributed by atoms with Crippen LogP contribution < -0.4 is 5.73 Å². The fourth-order valence-electron chi connectivity index (χ4n) is 1.89. The van der Waals surface area contributed by atoms with Crippen molar-refractivity contribution in [2.75, 3.05) is 0 Å². The number of aromatic nitrogens is 1. The minimum Gasteiger partial charge on any atom is -0.326 e. The molecule has 0 unspecified atom stereocenters. The number of rotatable bonds is 2. The molecule has 0 atom stereocenters. The van der Waals surface area contributed by atoms with E-state index in [1.165, 1.54) is 4.70 Å². The maximum absolute atomic E-state index is 5.76. The zero-order valence-corrected chi connectivity index (χ0v) is 10.1. The van der Waals surface area contributed by atoms with Crippen molar-refractivity contribution in [3.63, 3.8) is 0 Å². The van der Waals surface area contributed by atoms with Gasteiger partial charge in [0.15, 0.2) is 0 Å². The molecule has 1 aromatic heterocycles. The van der Waals surface area contributed by atoms with Gasteiger partial charge < -0.3 is 5.73 Å². The number of nitrogens with zero attached hydrogens (tertiary/aromatic N) is 1. The Kier molecular flexibility index (Phi) is 2.63. The number of nitrogens with two attached hydrogens (primary N) is 1. The summed E-state index contributed by atoms with van der Waals surface area (Å²) in [5.74, 6) is 0. The average Bonchev–Trinajstić information content (AvgIpc) is 2.82. The summed E-state index contributed by atoms with van der Waals surface area (Å²) in [5.41, 5.74) is 9.11. The molecule has 0 saturated carbocycles. The largest absolute Gasteiger partial charge is 0.326 e. The molecule has 3 heteroatoms. The minimum absolute atomic E-state index is 0.548. The molecule has 2 aromatic carbocycles. The Balaban J connectivity index is 2.20. The molecular weight excluding hydrogens is 228 g/mol. The van der Waals surface area contributed by atoms with Crippen molar-refractivity contribution in [2.24, 2.45) is 5.73 Å². The van der Waals surface area contributed by atoms with Crippen LogP contribution in [-0.2, 0) is 6.54 Å². The first-order valence-corrected chi connectivity index (χ1v) is 6.34. The van der Waals surface area contributed by atoms with E-state index in [1.54, 1.807) is 11.3 Å². The molecule has 0 saturated heterocycles. The van der Waals surface area contributed by atoms with Gasteiger partial charge in [0.1, 0.15) is 5.01 Å². The third-order valence-electron chi connectivity index (χ3n) is 2.76. The second-order valence-electron chi connectivity index (χ2n) is 3.85. The van der Waals surface area contributed by atoms with Crippen LogP contribution in [0.25, 0.3) is 20.8 Å². The lowest BCUT2D eigenvalue weighted by Crippen LogP contribution is -1.98. The van der Waals surface area contributed by atoms with Crippen molar-refractivity contribution < 1.29 is 0 Å². The molecule has 1 heterocycles. The molecule has 0 spiro atoms. The molecule has 0 radical (unpaired) electrons. The lowest BCUT2D eigenvalue weighted by molar-refractivity contribution is 1.07. The second kappa shape index (κ2) is 4.28. The second-order valence-corrected chi connectivity index (χ2v) is 4.88. The molecular formula is C14H12N2S. The van der Waals surface area contributed by atoms with Crippen LogP contribution in [0.5, 0.6) is 0 Å². The number of hydrogen-bond donors (Lipinski definition) is 1. The number of para-hydroxylation sites is 1. The van der Waals surface area contributed by atoms with Crippen molar-refractivity contribution >= 4 is 21.6 Å². The molecule has 0 aliphatic heterocycles. The fourth-order valence-corrected chi connectivity index (χ4v) is 2.92. The molecule has 0 fully saturated rings. The highest BCUT2D eigenvalue weighted by Gasteiger charge is 2.08. The monoisotopic (exact) mass is 240 g/mol. The minimum atomic E-state index is 0.548. The summed E-state index contributed by atoms with van der Waals surface area (Å²) in [4.78, 5) is 4.65. The van der Waals surface area contributed by atoms with Crippen LogP contribution in [0.15, 0.2) is 48.5 Å². The number of thiazole rings is 1. The van der Waals surface area contributed by atoms with Gasteiger partial charge >= 0.3 is 0 Å². The summed E-state index contributed by atoms with van der Waals surface area (Å²) >= 11 is 1.71. The Labute approximate surface area is 104 Å². The standard InChI is InChI=1S/C14H12N2S/c15-9-10-5-1-2-6-11(10)14-16-12-7-3-4-8-13(12)17-14/h1-8H,9,15H2. The summed E-state index contributed by atoms with van der Waals surface area (Å²) in [6, 6.07) is 16.4. The number of benzene rings is 2. The van der Waals surface area contributed by atoms with Gasteiger partial charge in [-0.3, -0.25) is 0 Å². The normalized spacial score (nSPS) is 10.9. The van der Waals surface area contributed by atoms with Gasteiger partial charge in [-0.1, -0.05) is 36.4 Å². The van der Waals surface area contributed by atoms with Crippen molar-refractivity contribution in [2.45, 2.75) is 6.54 Å². The fraction of sp³-hybridized carbons (Fsp3) is 0.0714. The van der Waals surface area contributed by atoms with E-state index in [0.29, 0.717) is 6.54 Å². The zero-order valence-electron chi connectivity index (χ0n) is 9.26. The summed E-state index contributed by atoms with van der Waals surface area (Å²) < 4.78 is 1.22. The molecule has 2 N–H and O–H groups in total. The van der Waals surface area contributed by atoms with E-state index in [9.17, 15) is 0 Å². The number of fused-ring (bicyclic) bond motifs is 1. The summed E-state index contributed by atoms with van der Waals surface area (Å²) in [6.07, 6.45) is 0. The number of hydrogen-bond acceptors (Lipinski definition) is 3. The van der Waals surface area contributed by atoms with Gasteiger partial charge in [0.2, 0.25) is 0 Å². The smallest absolute Gasteiger partial charge is 0.124 e. The Hall–Kier alpha value is -1.71. The van der Waals surface area contributed by atoms with Crippen LogP contribution in [0, 0.1) is 0 Å². The topological polar surface area (TPSA) is 38.9 Å². The van der Waals surface area contributed by atoms with Crippen molar-refractivity contribution in [3.05, 3.63) is 54.1 Å². The molecule has 84 valence electrons. The predicted octanol–water partition coefficient (Wildman–Crippen LogP) is 3.42. The van der Waals surface area contributed by atoms with Crippen LogP contribution in [-0.4, -0.2) is 4.98 Å². The summed E-state index contributed by atoms with van der Waals surface area (Å²) in [6.45, 7) is 0.548.